The molecule has 112 valence electrons. The first-order chi connectivity index (χ1) is 9.94. The van der Waals surface area contributed by atoms with Crippen molar-refractivity contribution in [2.75, 3.05) is 0 Å². The van der Waals surface area contributed by atoms with Crippen molar-refractivity contribution in [1.82, 2.24) is 20.3 Å². The van der Waals surface area contributed by atoms with Gasteiger partial charge >= 0.3 is 0 Å². The van der Waals surface area contributed by atoms with Crippen LogP contribution in [0.15, 0.2) is 36.9 Å². The van der Waals surface area contributed by atoms with E-state index in [4.69, 9.17) is 0 Å². The van der Waals surface area contributed by atoms with Crippen molar-refractivity contribution in [3.05, 3.63) is 53.9 Å². The van der Waals surface area contributed by atoms with E-state index >= 15 is 0 Å². The average Bonchev–Trinajstić information content (AvgIpc) is 2.45. The molecular formula is C17H24N4. The van der Waals surface area contributed by atoms with Crippen LogP contribution in [0.1, 0.15) is 50.2 Å². The highest BCUT2D eigenvalue weighted by Crippen LogP contribution is 2.29. The second-order valence-electron chi connectivity index (χ2n) is 6.62. The molecule has 1 unspecified atom stereocenters. The van der Waals surface area contributed by atoms with Crippen LogP contribution in [-0.4, -0.2) is 15.0 Å². The van der Waals surface area contributed by atoms with Gasteiger partial charge in [0.05, 0.1) is 0 Å². The van der Waals surface area contributed by atoms with Crippen LogP contribution in [0.2, 0.25) is 0 Å². The Morgan fingerprint density at radius 3 is 2.43 bits per heavy atom. The van der Waals surface area contributed by atoms with Crippen LogP contribution in [0.4, 0.5) is 0 Å². The highest BCUT2D eigenvalue weighted by molar-refractivity contribution is 5.15. The van der Waals surface area contributed by atoms with Gasteiger partial charge in [-0.1, -0.05) is 26.8 Å². The fraction of sp³-hybridized carbons (Fsp3) is 0.471. The van der Waals surface area contributed by atoms with Crippen molar-refractivity contribution in [1.29, 1.82) is 0 Å². The van der Waals surface area contributed by atoms with E-state index in [1.165, 1.54) is 5.56 Å². The van der Waals surface area contributed by atoms with Crippen LogP contribution in [-0.2, 0) is 6.54 Å². The number of hydrogen-bond donors (Lipinski definition) is 1. The molecule has 1 atom stereocenters. The molecule has 0 aliphatic carbocycles. The zero-order chi connectivity index (χ0) is 15.3. The Balaban J connectivity index is 2.07. The molecule has 2 rings (SSSR count). The monoisotopic (exact) mass is 284 g/mol. The smallest absolute Gasteiger partial charge is 0.125 e. The molecule has 0 radical (unpaired) electrons. The van der Waals surface area contributed by atoms with Gasteiger partial charge in [-0.3, -0.25) is 4.98 Å². The summed E-state index contributed by atoms with van der Waals surface area (Å²) in [6.45, 7) is 9.43. The molecule has 0 saturated carbocycles. The Bertz CT molecular complexity index is 543. The lowest BCUT2D eigenvalue weighted by molar-refractivity contribution is 0.310. The lowest BCUT2D eigenvalue weighted by Crippen LogP contribution is -2.25. The maximum absolute atomic E-state index is 4.24. The summed E-state index contributed by atoms with van der Waals surface area (Å²) in [7, 11) is 0. The minimum Gasteiger partial charge on any atom is -0.306 e. The number of rotatable bonds is 5. The molecule has 2 heterocycles. The quantitative estimate of drug-likeness (QED) is 0.913. The highest BCUT2D eigenvalue weighted by atomic mass is 14.9. The number of pyridine rings is 1. The van der Waals surface area contributed by atoms with Gasteiger partial charge in [0, 0.05) is 42.9 Å². The number of aryl methyl sites for hydroxylation is 1. The van der Waals surface area contributed by atoms with Crippen LogP contribution in [0.5, 0.6) is 0 Å². The van der Waals surface area contributed by atoms with Crippen molar-refractivity contribution in [3.63, 3.8) is 0 Å². The maximum atomic E-state index is 4.24. The van der Waals surface area contributed by atoms with E-state index in [0.29, 0.717) is 0 Å². The summed E-state index contributed by atoms with van der Waals surface area (Å²) >= 11 is 0. The van der Waals surface area contributed by atoms with Crippen molar-refractivity contribution in [3.8, 4) is 0 Å². The van der Waals surface area contributed by atoms with Crippen LogP contribution >= 0.6 is 0 Å². The molecule has 2 aromatic heterocycles. The minimum absolute atomic E-state index is 0.247. The predicted octanol–water partition coefficient (Wildman–Crippen LogP) is 3.45. The average molecular weight is 284 g/mol. The third-order valence-corrected chi connectivity index (χ3v) is 3.29. The normalized spacial score (nSPS) is 13.1. The molecule has 0 aliphatic heterocycles. The fourth-order valence-electron chi connectivity index (χ4n) is 2.25. The van der Waals surface area contributed by atoms with Crippen molar-refractivity contribution < 1.29 is 0 Å². The Morgan fingerprint density at radius 1 is 1.14 bits per heavy atom. The largest absolute Gasteiger partial charge is 0.306 e. The van der Waals surface area contributed by atoms with Crippen molar-refractivity contribution in [2.24, 2.45) is 5.41 Å². The molecule has 1 N–H and O–H groups in total. The SMILES string of the molecule is Cc1ncc(CNC(CC(C)(C)C)c2cccnc2)cn1. The molecular weight excluding hydrogens is 260 g/mol. The first-order valence-corrected chi connectivity index (χ1v) is 7.35. The minimum atomic E-state index is 0.247. The number of nitrogens with zero attached hydrogens (tertiary/aromatic N) is 3. The van der Waals surface area contributed by atoms with E-state index in [0.717, 1.165) is 24.4 Å². The number of hydrogen-bond acceptors (Lipinski definition) is 4. The summed E-state index contributed by atoms with van der Waals surface area (Å²) in [5, 5.41) is 3.61. The van der Waals surface area contributed by atoms with Gasteiger partial charge in [-0.15, -0.1) is 0 Å². The molecule has 0 aromatic carbocycles. The first kappa shape index (κ1) is 15.6. The van der Waals surface area contributed by atoms with Crippen LogP contribution in [0, 0.1) is 12.3 Å². The van der Waals surface area contributed by atoms with E-state index in [1.54, 1.807) is 0 Å². The molecule has 0 saturated heterocycles. The van der Waals surface area contributed by atoms with Gasteiger partial charge in [-0.25, -0.2) is 9.97 Å². The molecule has 0 aliphatic rings. The topological polar surface area (TPSA) is 50.7 Å². The van der Waals surface area contributed by atoms with Gasteiger partial charge in [-0.05, 0) is 30.4 Å². The number of aromatic nitrogens is 3. The fourth-order valence-corrected chi connectivity index (χ4v) is 2.25. The highest BCUT2D eigenvalue weighted by Gasteiger charge is 2.20. The molecule has 4 nitrogen and oxygen atoms in total. The third-order valence-electron chi connectivity index (χ3n) is 3.29. The van der Waals surface area contributed by atoms with Crippen LogP contribution in [0.3, 0.4) is 0 Å². The van der Waals surface area contributed by atoms with E-state index in [2.05, 4.69) is 47.1 Å². The Morgan fingerprint density at radius 2 is 1.86 bits per heavy atom. The molecule has 0 fully saturated rings. The van der Waals surface area contributed by atoms with Gasteiger partial charge in [-0.2, -0.15) is 0 Å². The molecule has 21 heavy (non-hydrogen) atoms. The second kappa shape index (κ2) is 6.76. The summed E-state index contributed by atoms with van der Waals surface area (Å²) in [5.74, 6) is 0.803. The lowest BCUT2D eigenvalue weighted by Gasteiger charge is -2.27. The number of nitrogens with one attached hydrogen (secondary N) is 1. The standard InChI is InChI=1S/C17H24N4/c1-13-19-9-14(10-20-13)11-21-16(8-17(2,3)4)15-6-5-7-18-12-15/h5-7,9-10,12,16,21H,8,11H2,1-4H3. The van der Waals surface area contributed by atoms with E-state index in [-0.39, 0.29) is 11.5 Å². The zero-order valence-electron chi connectivity index (χ0n) is 13.3. The van der Waals surface area contributed by atoms with Crippen molar-refractivity contribution >= 4 is 0 Å². The zero-order valence-corrected chi connectivity index (χ0v) is 13.3. The van der Waals surface area contributed by atoms with Gasteiger partial charge in [0.25, 0.3) is 0 Å². The molecule has 0 spiro atoms. The van der Waals surface area contributed by atoms with Crippen molar-refractivity contribution in [2.45, 2.75) is 46.7 Å². The lowest BCUT2D eigenvalue weighted by atomic mass is 9.86. The van der Waals surface area contributed by atoms with Crippen LogP contribution in [0.25, 0.3) is 0 Å². The second-order valence-corrected chi connectivity index (χ2v) is 6.62. The summed E-state index contributed by atoms with van der Waals surface area (Å²) in [6, 6.07) is 4.39. The van der Waals surface area contributed by atoms with E-state index in [1.807, 2.05) is 37.8 Å². The Kier molecular flexibility index (Phi) is 5.02. The third kappa shape index (κ3) is 5.23. The molecule has 0 amide bonds. The Hall–Kier alpha value is -1.81. The molecule has 0 bridgehead atoms. The molecule has 2 aromatic rings. The summed E-state index contributed by atoms with van der Waals surface area (Å²) in [5.41, 5.74) is 2.57. The summed E-state index contributed by atoms with van der Waals surface area (Å²) in [4.78, 5) is 12.7. The summed E-state index contributed by atoms with van der Waals surface area (Å²) < 4.78 is 0. The van der Waals surface area contributed by atoms with E-state index < -0.39 is 0 Å². The van der Waals surface area contributed by atoms with Gasteiger partial charge < -0.3 is 5.32 Å². The van der Waals surface area contributed by atoms with Gasteiger partial charge in [0.2, 0.25) is 0 Å². The first-order valence-electron chi connectivity index (χ1n) is 7.35. The maximum Gasteiger partial charge on any atom is 0.125 e. The van der Waals surface area contributed by atoms with Gasteiger partial charge in [0.1, 0.15) is 5.82 Å². The van der Waals surface area contributed by atoms with E-state index in [9.17, 15) is 0 Å². The predicted molar refractivity (Wildman–Crippen MR) is 84.7 cm³/mol. The molecule has 4 heteroatoms. The Labute approximate surface area is 127 Å². The van der Waals surface area contributed by atoms with Gasteiger partial charge in [0.15, 0.2) is 0 Å². The van der Waals surface area contributed by atoms with Crippen LogP contribution < -0.4 is 5.32 Å². The summed E-state index contributed by atoms with van der Waals surface area (Å²) in [6.07, 6.45) is 8.56.